The van der Waals surface area contributed by atoms with Crippen LogP contribution in [-0.2, 0) is 37.5 Å². The van der Waals surface area contributed by atoms with E-state index in [9.17, 15) is 23.8 Å². The maximum Gasteiger partial charge on any atom is 0.472 e. The Kier molecular flexibility index (Phi) is 29.9. The van der Waals surface area contributed by atoms with Crippen molar-refractivity contribution in [2.45, 2.75) is 161 Å². The zero-order valence-electron chi connectivity index (χ0n) is 29.1. The number of carboxylic acids is 1. The van der Waals surface area contributed by atoms with Crippen molar-refractivity contribution in [1.82, 2.24) is 0 Å². The number of carbonyl (C=O) groups excluding carboxylic acids is 2. The van der Waals surface area contributed by atoms with Gasteiger partial charge in [-0.05, 0) is 44.9 Å². The van der Waals surface area contributed by atoms with E-state index in [-0.39, 0.29) is 19.4 Å². The van der Waals surface area contributed by atoms with E-state index in [1.165, 1.54) is 57.8 Å². The number of ether oxygens (including phenoxy) is 2. The number of phosphoric ester groups is 1. The summed E-state index contributed by atoms with van der Waals surface area (Å²) in [5.74, 6) is -2.41. The molecular weight excluding hydrogens is 625 g/mol. The molecule has 11 nitrogen and oxygen atoms in total. The molecule has 0 saturated carbocycles. The summed E-state index contributed by atoms with van der Waals surface area (Å²) >= 11 is 0. The van der Waals surface area contributed by atoms with Crippen LogP contribution in [-0.4, -0.2) is 59.9 Å². The summed E-state index contributed by atoms with van der Waals surface area (Å²) in [6, 6.07) is -1.52. The van der Waals surface area contributed by atoms with E-state index in [4.69, 9.17) is 24.8 Å². The molecule has 4 N–H and O–H groups in total. The van der Waals surface area contributed by atoms with Gasteiger partial charge in [0.25, 0.3) is 0 Å². The van der Waals surface area contributed by atoms with Crippen molar-refractivity contribution in [3.63, 3.8) is 0 Å². The standard InChI is InChI=1S/C35H64NO10P/c1-3-5-7-9-10-11-12-13-14-15-16-17-18-19-20-21-22-23-25-27-34(38)46-31(28-43-33(37)26-24-8-6-4-2)29-44-47(41,42)45-30-32(36)35(39)40/h10-11,13-14,31-32H,3-9,12,15-30,36H2,1-2H3,(H,39,40)(H,41,42)/b11-10-,14-13-. The Labute approximate surface area is 283 Å². The van der Waals surface area contributed by atoms with Gasteiger partial charge in [0, 0.05) is 12.8 Å². The molecule has 0 aromatic carbocycles. The molecule has 0 amide bonds. The number of phosphoric acid groups is 1. The third kappa shape index (κ3) is 31.0. The fourth-order valence-corrected chi connectivity index (χ4v) is 5.34. The molecule has 0 rings (SSSR count). The van der Waals surface area contributed by atoms with Gasteiger partial charge in [-0.15, -0.1) is 0 Å². The highest BCUT2D eigenvalue weighted by Crippen LogP contribution is 2.43. The summed E-state index contributed by atoms with van der Waals surface area (Å²) in [5.41, 5.74) is 5.28. The third-order valence-corrected chi connectivity index (χ3v) is 8.40. The first-order valence-corrected chi connectivity index (χ1v) is 19.4. The summed E-state index contributed by atoms with van der Waals surface area (Å²) in [6.07, 6.45) is 28.9. The summed E-state index contributed by atoms with van der Waals surface area (Å²) in [5, 5.41) is 8.81. The molecule has 0 aliphatic carbocycles. The second-order valence-corrected chi connectivity index (χ2v) is 13.5. The molecule has 3 atom stereocenters. The van der Waals surface area contributed by atoms with Crippen LogP contribution in [0.2, 0.25) is 0 Å². The second-order valence-electron chi connectivity index (χ2n) is 12.0. The molecule has 0 aromatic heterocycles. The molecule has 3 unspecified atom stereocenters. The van der Waals surface area contributed by atoms with Crippen molar-refractivity contribution in [1.29, 1.82) is 0 Å². The number of unbranched alkanes of at least 4 members (excludes halogenated alkanes) is 15. The summed E-state index contributed by atoms with van der Waals surface area (Å²) in [4.78, 5) is 45.2. The minimum Gasteiger partial charge on any atom is -0.480 e. The quantitative estimate of drug-likeness (QED) is 0.0262. The Morgan fingerprint density at radius 2 is 1.13 bits per heavy atom. The highest BCUT2D eigenvalue weighted by atomic mass is 31.2. The maximum absolute atomic E-state index is 12.5. The molecule has 0 aliphatic rings. The average Bonchev–Trinajstić information content (AvgIpc) is 3.04. The molecule has 0 saturated heterocycles. The first-order chi connectivity index (χ1) is 22.6. The van der Waals surface area contributed by atoms with E-state index in [2.05, 4.69) is 42.7 Å². The van der Waals surface area contributed by atoms with Gasteiger partial charge in [0.15, 0.2) is 6.10 Å². The van der Waals surface area contributed by atoms with Gasteiger partial charge >= 0.3 is 25.7 Å². The average molecular weight is 690 g/mol. The summed E-state index contributed by atoms with van der Waals surface area (Å²) < 4.78 is 32.2. The lowest BCUT2D eigenvalue weighted by Crippen LogP contribution is -2.34. The lowest BCUT2D eigenvalue weighted by atomic mass is 10.1. The lowest BCUT2D eigenvalue weighted by Gasteiger charge is -2.20. The number of aliphatic carboxylic acids is 1. The highest BCUT2D eigenvalue weighted by molar-refractivity contribution is 7.47. The van der Waals surface area contributed by atoms with Gasteiger partial charge in [0.2, 0.25) is 0 Å². The summed E-state index contributed by atoms with van der Waals surface area (Å²) in [7, 11) is -4.69. The fourth-order valence-electron chi connectivity index (χ4n) is 4.56. The molecule has 47 heavy (non-hydrogen) atoms. The fraction of sp³-hybridized carbons (Fsp3) is 0.800. The van der Waals surface area contributed by atoms with Crippen LogP contribution < -0.4 is 5.73 Å². The topological polar surface area (TPSA) is 172 Å². The van der Waals surface area contributed by atoms with E-state index < -0.39 is 51.1 Å². The number of hydrogen-bond donors (Lipinski definition) is 3. The minimum atomic E-state index is -4.69. The predicted molar refractivity (Wildman–Crippen MR) is 185 cm³/mol. The Morgan fingerprint density at radius 1 is 0.660 bits per heavy atom. The molecular formula is C35H64NO10P. The van der Waals surface area contributed by atoms with Crippen LogP contribution in [0.25, 0.3) is 0 Å². The third-order valence-electron chi connectivity index (χ3n) is 7.45. The number of hydrogen-bond acceptors (Lipinski definition) is 9. The highest BCUT2D eigenvalue weighted by Gasteiger charge is 2.28. The molecule has 274 valence electrons. The van der Waals surface area contributed by atoms with Crippen LogP contribution in [0, 0.1) is 0 Å². The van der Waals surface area contributed by atoms with Crippen LogP contribution in [0.4, 0.5) is 0 Å². The monoisotopic (exact) mass is 689 g/mol. The van der Waals surface area contributed by atoms with Gasteiger partial charge in [-0.2, -0.15) is 0 Å². The van der Waals surface area contributed by atoms with Crippen LogP contribution in [0.3, 0.4) is 0 Å². The Bertz CT molecular complexity index is 911. The molecule has 0 radical (unpaired) electrons. The Hall–Kier alpha value is -2.04. The number of allylic oxidation sites excluding steroid dienone is 4. The van der Waals surface area contributed by atoms with Crippen LogP contribution in [0.1, 0.15) is 149 Å². The number of carbonyl (C=O) groups is 3. The smallest absolute Gasteiger partial charge is 0.472 e. The van der Waals surface area contributed by atoms with E-state index >= 15 is 0 Å². The molecule has 0 heterocycles. The SMILES string of the molecule is CCCCC/C=C\C/C=C\CCCCCCCCCCCC(=O)OC(COC(=O)CCCCCC)COP(=O)(O)OCC(N)C(=O)O. The second kappa shape index (κ2) is 31.2. The first kappa shape index (κ1) is 45.0. The van der Waals surface area contributed by atoms with Crippen LogP contribution in [0.15, 0.2) is 24.3 Å². The number of rotatable bonds is 33. The zero-order chi connectivity index (χ0) is 35.0. The Morgan fingerprint density at radius 3 is 1.70 bits per heavy atom. The van der Waals surface area contributed by atoms with E-state index in [0.717, 1.165) is 51.4 Å². The van der Waals surface area contributed by atoms with Gasteiger partial charge < -0.3 is 25.2 Å². The molecule has 0 aromatic rings. The Balaban J connectivity index is 4.24. The van der Waals surface area contributed by atoms with E-state index in [0.29, 0.717) is 12.8 Å². The first-order valence-electron chi connectivity index (χ1n) is 17.9. The molecule has 12 heteroatoms. The zero-order valence-corrected chi connectivity index (χ0v) is 30.0. The molecule has 0 aliphatic heterocycles. The normalized spacial score (nSPS) is 14.3. The minimum absolute atomic E-state index is 0.157. The van der Waals surface area contributed by atoms with Gasteiger partial charge in [-0.3, -0.25) is 23.4 Å². The number of carboxylic acid groups (broad SMARTS) is 1. The van der Waals surface area contributed by atoms with Gasteiger partial charge in [-0.25, -0.2) is 4.57 Å². The van der Waals surface area contributed by atoms with Crippen molar-refractivity contribution < 1.29 is 47.5 Å². The van der Waals surface area contributed by atoms with Crippen molar-refractivity contribution in [2.75, 3.05) is 19.8 Å². The van der Waals surface area contributed by atoms with Gasteiger partial charge in [0.05, 0.1) is 13.2 Å². The van der Waals surface area contributed by atoms with Crippen molar-refractivity contribution >= 4 is 25.7 Å². The van der Waals surface area contributed by atoms with Gasteiger partial charge in [0.1, 0.15) is 12.6 Å². The molecule has 0 bridgehead atoms. The lowest BCUT2D eigenvalue weighted by molar-refractivity contribution is -0.161. The number of nitrogens with two attached hydrogens (primary N) is 1. The number of esters is 2. The van der Waals surface area contributed by atoms with Gasteiger partial charge in [-0.1, -0.05) is 115 Å². The molecule has 0 fully saturated rings. The maximum atomic E-state index is 12.5. The summed E-state index contributed by atoms with van der Waals surface area (Å²) in [6.45, 7) is 2.60. The van der Waals surface area contributed by atoms with Crippen molar-refractivity contribution in [2.24, 2.45) is 5.73 Å². The van der Waals surface area contributed by atoms with Crippen LogP contribution >= 0.6 is 7.82 Å². The predicted octanol–water partition coefficient (Wildman–Crippen LogP) is 8.33. The molecule has 0 spiro atoms. The van der Waals surface area contributed by atoms with E-state index in [1.807, 2.05) is 0 Å². The van der Waals surface area contributed by atoms with Crippen LogP contribution in [0.5, 0.6) is 0 Å². The largest absolute Gasteiger partial charge is 0.480 e. The van der Waals surface area contributed by atoms with E-state index in [1.54, 1.807) is 0 Å². The van der Waals surface area contributed by atoms with Crippen molar-refractivity contribution in [3.05, 3.63) is 24.3 Å². The van der Waals surface area contributed by atoms with Crippen molar-refractivity contribution in [3.8, 4) is 0 Å².